The molecule has 0 aliphatic heterocycles. The molecule has 0 amide bonds. The molecule has 0 atom stereocenters. The van der Waals surface area contributed by atoms with Crippen LogP contribution < -0.4 is 5.73 Å². The molecule has 1 aliphatic rings. The summed E-state index contributed by atoms with van der Waals surface area (Å²) >= 11 is 0. The van der Waals surface area contributed by atoms with E-state index in [1.165, 1.54) is 32.1 Å². The van der Waals surface area contributed by atoms with E-state index < -0.39 is 0 Å². The number of hydrogen-bond donors (Lipinski definition) is 1. The van der Waals surface area contributed by atoms with Crippen LogP contribution in [-0.4, -0.2) is 10.1 Å². The second kappa shape index (κ2) is 5.53. The van der Waals surface area contributed by atoms with Crippen LogP contribution in [0.1, 0.15) is 49.4 Å². The molecule has 1 saturated carbocycles. The van der Waals surface area contributed by atoms with Crippen LogP contribution in [0.25, 0.3) is 11.5 Å². The Hall–Kier alpha value is -1.68. The summed E-state index contributed by atoms with van der Waals surface area (Å²) in [5.41, 5.74) is 7.69. The van der Waals surface area contributed by atoms with Gasteiger partial charge in [0.05, 0.1) is 0 Å². The maximum Gasteiger partial charge on any atom is 0.257 e. The lowest BCUT2D eigenvalue weighted by molar-refractivity contribution is 0.385. The van der Waals surface area contributed by atoms with Crippen LogP contribution in [0.5, 0.6) is 0 Å². The molecule has 3 rings (SSSR count). The largest absolute Gasteiger partial charge is 0.334 e. The van der Waals surface area contributed by atoms with Gasteiger partial charge in [-0.1, -0.05) is 36.6 Å². The first-order valence-corrected chi connectivity index (χ1v) is 7.00. The highest BCUT2D eigenvalue weighted by molar-refractivity contribution is 5.54. The summed E-state index contributed by atoms with van der Waals surface area (Å²) in [5, 5.41) is 4.15. The van der Waals surface area contributed by atoms with Crippen LogP contribution in [0.2, 0.25) is 0 Å². The SMILES string of the molecule is NCc1cccc(-c2nc(C3CCCCC3)no2)c1. The number of benzene rings is 1. The van der Waals surface area contributed by atoms with Crippen molar-refractivity contribution < 1.29 is 4.52 Å². The standard InChI is InChI=1S/C15H19N3O/c16-10-11-5-4-8-13(9-11)15-17-14(18-19-15)12-6-2-1-3-7-12/h4-5,8-9,12H,1-3,6-7,10,16H2. The Kier molecular flexibility index (Phi) is 3.60. The van der Waals surface area contributed by atoms with Gasteiger partial charge in [0.25, 0.3) is 5.89 Å². The van der Waals surface area contributed by atoms with Crippen molar-refractivity contribution in [3.63, 3.8) is 0 Å². The molecule has 2 aromatic rings. The van der Waals surface area contributed by atoms with Gasteiger partial charge in [-0.15, -0.1) is 0 Å². The highest BCUT2D eigenvalue weighted by Gasteiger charge is 2.21. The van der Waals surface area contributed by atoms with Gasteiger partial charge in [-0.05, 0) is 30.5 Å². The number of hydrogen-bond acceptors (Lipinski definition) is 4. The summed E-state index contributed by atoms with van der Waals surface area (Å²) < 4.78 is 5.40. The molecule has 0 unspecified atom stereocenters. The third-order valence-corrected chi connectivity index (χ3v) is 3.82. The summed E-state index contributed by atoms with van der Waals surface area (Å²) in [5.74, 6) is 1.95. The molecule has 19 heavy (non-hydrogen) atoms. The van der Waals surface area contributed by atoms with Crippen LogP contribution in [-0.2, 0) is 6.54 Å². The van der Waals surface area contributed by atoms with Crippen molar-refractivity contribution in [1.29, 1.82) is 0 Å². The summed E-state index contributed by atoms with van der Waals surface area (Å²) in [6.45, 7) is 0.525. The van der Waals surface area contributed by atoms with Crippen LogP contribution in [0.15, 0.2) is 28.8 Å². The zero-order chi connectivity index (χ0) is 13.1. The second-order valence-corrected chi connectivity index (χ2v) is 5.20. The fourth-order valence-electron chi connectivity index (χ4n) is 2.71. The van der Waals surface area contributed by atoms with Crippen LogP contribution in [0, 0.1) is 0 Å². The molecular weight excluding hydrogens is 238 g/mol. The molecule has 0 radical (unpaired) electrons. The molecule has 1 heterocycles. The maximum absolute atomic E-state index is 5.65. The first kappa shape index (κ1) is 12.4. The van der Waals surface area contributed by atoms with Crippen molar-refractivity contribution in [1.82, 2.24) is 10.1 Å². The fourth-order valence-corrected chi connectivity index (χ4v) is 2.71. The third kappa shape index (κ3) is 2.68. The van der Waals surface area contributed by atoms with Crippen molar-refractivity contribution in [3.05, 3.63) is 35.7 Å². The predicted octanol–water partition coefficient (Wildman–Crippen LogP) is 3.24. The highest BCUT2D eigenvalue weighted by atomic mass is 16.5. The smallest absolute Gasteiger partial charge is 0.257 e. The molecule has 0 spiro atoms. The van der Waals surface area contributed by atoms with Gasteiger partial charge in [0, 0.05) is 18.0 Å². The Balaban J connectivity index is 1.83. The monoisotopic (exact) mass is 257 g/mol. The Morgan fingerprint density at radius 1 is 1.21 bits per heavy atom. The number of rotatable bonds is 3. The lowest BCUT2D eigenvalue weighted by Crippen LogP contribution is -2.06. The second-order valence-electron chi connectivity index (χ2n) is 5.20. The quantitative estimate of drug-likeness (QED) is 0.916. The van der Waals surface area contributed by atoms with Crippen molar-refractivity contribution in [2.75, 3.05) is 0 Å². The first-order chi connectivity index (χ1) is 9.36. The van der Waals surface area contributed by atoms with E-state index in [4.69, 9.17) is 10.3 Å². The number of aromatic nitrogens is 2. The van der Waals surface area contributed by atoms with Crippen molar-refractivity contribution >= 4 is 0 Å². The average Bonchev–Trinajstić information content (AvgIpc) is 2.98. The van der Waals surface area contributed by atoms with E-state index >= 15 is 0 Å². The molecule has 4 heteroatoms. The summed E-state index contributed by atoms with van der Waals surface area (Å²) in [6, 6.07) is 7.97. The minimum Gasteiger partial charge on any atom is -0.334 e. The molecule has 1 fully saturated rings. The topological polar surface area (TPSA) is 64.9 Å². The normalized spacial score (nSPS) is 16.7. The van der Waals surface area contributed by atoms with Gasteiger partial charge in [-0.25, -0.2) is 0 Å². The zero-order valence-electron chi connectivity index (χ0n) is 11.0. The molecule has 0 bridgehead atoms. The van der Waals surface area contributed by atoms with Crippen LogP contribution >= 0.6 is 0 Å². The van der Waals surface area contributed by atoms with Gasteiger partial charge < -0.3 is 10.3 Å². The van der Waals surface area contributed by atoms with Gasteiger partial charge in [0.15, 0.2) is 5.82 Å². The lowest BCUT2D eigenvalue weighted by atomic mass is 9.89. The molecule has 2 N–H and O–H groups in total. The van der Waals surface area contributed by atoms with Crippen molar-refractivity contribution in [2.24, 2.45) is 5.73 Å². The molecule has 1 aromatic heterocycles. The van der Waals surface area contributed by atoms with Gasteiger partial charge in [0.2, 0.25) is 0 Å². The Bertz CT molecular complexity index is 544. The predicted molar refractivity (Wildman–Crippen MR) is 73.5 cm³/mol. The van der Waals surface area contributed by atoms with Crippen LogP contribution in [0.3, 0.4) is 0 Å². The molecule has 1 aromatic carbocycles. The Morgan fingerprint density at radius 2 is 2.05 bits per heavy atom. The zero-order valence-corrected chi connectivity index (χ0v) is 11.0. The van der Waals surface area contributed by atoms with Gasteiger partial charge in [-0.3, -0.25) is 0 Å². The molecule has 100 valence electrons. The van der Waals surface area contributed by atoms with E-state index in [9.17, 15) is 0 Å². The Morgan fingerprint density at radius 3 is 2.84 bits per heavy atom. The van der Waals surface area contributed by atoms with E-state index in [0.717, 1.165) is 17.0 Å². The summed E-state index contributed by atoms with van der Waals surface area (Å²) in [7, 11) is 0. The fraction of sp³-hybridized carbons (Fsp3) is 0.467. The summed E-state index contributed by atoms with van der Waals surface area (Å²) in [4.78, 5) is 4.56. The minimum atomic E-state index is 0.476. The molecule has 1 aliphatic carbocycles. The lowest BCUT2D eigenvalue weighted by Gasteiger charge is -2.17. The van der Waals surface area contributed by atoms with E-state index in [1.54, 1.807) is 0 Å². The van der Waals surface area contributed by atoms with Crippen molar-refractivity contribution in [2.45, 2.75) is 44.6 Å². The number of nitrogens with zero attached hydrogens (tertiary/aromatic N) is 2. The van der Waals surface area contributed by atoms with E-state index in [0.29, 0.717) is 18.4 Å². The van der Waals surface area contributed by atoms with Crippen LogP contribution in [0.4, 0.5) is 0 Å². The van der Waals surface area contributed by atoms with Gasteiger partial charge in [-0.2, -0.15) is 4.98 Å². The first-order valence-electron chi connectivity index (χ1n) is 7.00. The highest BCUT2D eigenvalue weighted by Crippen LogP contribution is 2.32. The third-order valence-electron chi connectivity index (χ3n) is 3.82. The molecular formula is C15H19N3O. The van der Waals surface area contributed by atoms with E-state index in [2.05, 4.69) is 10.1 Å². The van der Waals surface area contributed by atoms with Gasteiger partial charge >= 0.3 is 0 Å². The Labute approximate surface area is 113 Å². The van der Waals surface area contributed by atoms with E-state index in [1.807, 2.05) is 24.3 Å². The van der Waals surface area contributed by atoms with Crippen molar-refractivity contribution in [3.8, 4) is 11.5 Å². The summed E-state index contributed by atoms with van der Waals surface area (Å²) in [6.07, 6.45) is 6.25. The van der Waals surface area contributed by atoms with Gasteiger partial charge in [0.1, 0.15) is 0 Å². The van der Waals surface area contributed by atoms with E-state index in [-0.39, 0.29) is 0 Å². The molecule has 0 saturated heterocycles. The average molecular weight is 257 g/mol. The molecule has 4 nitrogen and oxygen atoms in total. The maximum atomic E-state index is 5.65. The number of nitrogens with two attached hydrogens (primary N) is 1. The minimum absolute atomic E-state index is 0.476.